The summed E-state index contributed by atoms with van der Waals surface area (Å²) in [4.78, 5) is 14.5. The van der Waals surface area contributed by atoms with E-state index in [1.165, 1.54) is 10.4 Å². The Bertz CT molecular complexity index is 602. The van der Waals surface area contributed by atoms with Crippen molar-refractivity contribution in [3.8, 4) is 0 Å². The molecule has 0 atom stereocenters. The number of hydrogen-bond acceptors (Lipinski definition) is 3. The monoisotopic (exact) mass is 338 g/mol. The molecule has 0 bridgehead atoms. The molecule has 1 aromatic heterocycles. The Kier molecular flexibility index (Phi) is 4.27. The van der Waals surface area contributed by atoms with Crippen LogP contribution in [0.1, 0.15) is 25.7 Å². The zero-order valence-electron chi connectivity index (χ0n) is 10.8. The van der Waals surface area contributed by atoms with E-state index < -0.39 is 0 Å². The number of amides is 1. The van der Waals surface area contributed by atoms with Crippen LogP contribution >= 0.6 is 27.3 Å². The molecule has 1 aromatic carbocycles. The standard InChI is InChI=1S/C14H15BrN2OS/c1-8-5-11(19-9(8)2)7-17-14(18)12-6-10(16)3-4-13(12)15/h3-6H,7,16H2,1-2H3,(H,17,18). The van der Waals surface area contributed by atoms with Crippen molar-refractivity contribution in [2.45, 2.75) is 20.4 Å². The number of hydrogen-bond donors (Lipinski definition) is 2. The Morgan fingerprint density at radius 1 is 1.37 bits per heavy atom. The third kappa shape index (κ3) is 3.36. The minimum Gasteiger partial charge on any atom is -0.399 e. The molecule has 1 heterocycles. The highest BCUT2D eigenvalue weighted by molar-refractivity contribution is 9.10. The first-order valence-corrected chi connectivity index (χ1v) is 7.47. The average molecular weight is 339 g/mol. The first-order valence-electron chi connectivity index (χ1n) is 5.86. The molecule has 0 aliphatic heterocycles. The highest BCUT2D eigenvalue weighted by Gasteiger charge is 2.11. The third-order valence-corrected chi connectivity index (χ3v) is 4.72. The Morgan fingerprint density at radius 3 is 2.74 bits per heavy atom. The van der Waals surface area contributed by atoms with Gasteiger partial charge in [0.1, 0.15) is 0 Å². The van der Waals surface area contributed by atoms with Gasteiger partial charge in [0, 0.05) is 19.9 Å². The second kappa shape index (κ2) is 5.75. The molecule has 5 heteroatoms. The number of nitrogens with two attached hydrogens (primary N) is 1. The lowest BCUT2D eigenvalue weighted by molar-refractivity contribution is 0.0950. The number of anilines is 1. The van der Waals surface area contributed by atoms with Crippen molar-refractivity contribution in [2.75, 3.05) is 5.73 Å². The average Bonchev–Trinajstić information content (AvgIpc) is 2.69. The summed E-state index contributed by atoms with van der Waals surface area (Å²) in [6, 6.07) is 7.32. The highest BCUT2D eigenvalue weighted by atomic mass is 79.9. The number of aryl methyl sites for hydroxylation is 2. The summed E-state index contributed by atoms with van der Waals surface area (Å²) in [5, 5.41) is 2.91. The van der Waals surface area contributed by atoms with Gasteiger partial charge in [-0.1, -0.05) is 0 Å². The van der Waals surface area contributed by atoms with Crippen molar-refractivity contribution in [1.29, 1.82) is 0 Å². The van der Waals surface area contributed by atoms with Crippen LogP contribution in [0.25, 0.3) is 0 Å². The summed E-state index contributed by atoms with van der Waals surface area (Å²) in [5.41, 5.74) is 8.10. The van der Waals surface area contributed by atoms with Crippen LogP contribution in [-0.2, 0) is 6.54 Å². The number of benzene rings is 1. The van der Waals surface area contributed by atoms with Gasteiger partial charge in [-0.3, -0.25) is 4.79 Å². The fourth-order valence-corrected chi connectivity index (χ4v) is 3.14. The molecular weight excluding hydrogens is 324 g/mol. The molecular formula is C14H15BrN2OS. The third-order valence-electron chi connectivity index (χ3n) is 2.88. The van der Waals surface area contributed by atoms with Crippen molar-refractivity contribution < 1.29 is 4.79 Å². The second-order valence-electron chi connectivity index (χ2n) is 4.37. The lowest BCUT2D eigenvalue weighted by atomic mass is 10.2. The lowest BCUT2D eigenvalue weighted by Gasteiger charge is -2.06. The molecule has 0 radical (unpaired) electrons. The highest BCUT2D eigenvalue weighted by Crippen LogP contribution is 2.22. The molecule has 19 heavy (non-hydrogen) atoms. The van der Waals surface area contributed by atoms with Gasteiger partial charge in [-0.25, -0.2) is 0 Å². The molecule has 2 rings (SSSR count). The summed E-state index contributed by atoms with van der Waals surface area (Å²) in [5.74, 6) is -0.122. The van der Waals surface area contributed by atoms with Crippen LogP contribution in [0.4, 0.5) is 5.69 Å². The molecule has 0 fully saturated rings. The van der Waals surface area contributed by atoms with Gasteiger partial charge in [-0.05, 0) is 59.6 Å². The Morgan fingerprint density at radius 2 is 2.11 bits per heavy atom. The molecule has 3 N–H and O–H groups in total. The molecule has 0 saturated carbocycles. The topological polar surface area (TPSA) is 55.1 Å². The molecule has 3 nitrogen and oxygen atoms in total. The fourth-order valence-electron chi connectivity index (χ4n) is 1.72. The maximum absolute atomic E-state index is 12.1. The summed E-state index contributed by atoms with van der Waals surface area (Å²) in [6.07, 6.45) is 0. The number of nitrogen functional groups attached to an aromatic ring is 1. The zero-order chi connectivity index (χ0) is 14.0. The van der Waals surface area contributed by atoms with Gasteiger partial charge < -0.3 is 11.1 Å². The molecule has 2 aromatic rings. The van der Waals surface area contributed by atoms with Crippen LogP contribution in [-0.4, -0.2) is 5.91 Å². The maximum Gasteiger partial charge on any atom is 0.252 e. The number of nitrogens with one attached hydrogen (secondary N) is 1. The summed E-state index contributed by atoms with van der Waals surface area (Å²) in [6.45, 7) is 4.70. The SMILES string of the molecule is Cc1cc(CNC(=O)c2cc(N)ccc2Br)sc1C. The number of rotatable bonds is 3. The first-order chi connectivity index (χ1) is 8.97. The van der Waals surface area contributed by atoms with Crippen LogP contribution in [0.15, 0.2) is 28.7 Å². The fraction of sp³-hybridized carbons (Fsp3) is 0.214. The van der Waals surface area contributed by atoms with Gasteiger partial charge in [-0.15, -0.1) is 11.3 Å². The zero-order valence-corrected chi connectivity index (χ0v) is 13.2. The molecule has 100 valence electrons. The molecule has 0 saturated heterocycles. The van der Waals surface area contributed by atoms with E-state index in [0.717, 1.165) is 9.35 Å². The van der Waals surface area contributed by atoms with E-state index in [1.807, 2.05) is 0 Å². The van der Waals surface area contributed by atoms with Gasteiger partial charge in [0.25, 0.3) is 5.91 Å². The van der Waals surface area contributed by atoms with E-state index in [0.29, 0.717) is 17.8 Å². The van der Waals surface area contributed by atoms with E-state index in [-0.39, 0.29) is 5.91 Å². The quantitative estimate of drug-likeness (QED) is 0.839. The predicted octanol–water partition coefficient (Wildman–Crippen LogP) is 3.64. The van der Waals surface area contributed by atoms with Gasteiger partial charge in [0.2, 0.25) is 0 Å². The number of carbonyl (C=O) groups is 1. The van der Waals surface area contributed by atoms with Crippen molar-refractivity contribution in [3.63, 3.8) is 0 Å². The molecule has 0 spiro atoms. The van der Waals surface area contributed by atoms with Gasteiger partial charge in [-0.2, -0.15) is 0 Å². The van der Waals surface area contributed by atoms with Crippen molar-refractivity contribution in [1.82, 2.24) is 5.32 Å². The minimum absolute atomic E-state index is 0.122. The Hall–Kier alpha value is -1.33. The maximum atomic E-state index is 12.1. The van der Waals surface area contributed by atoms with Crippen LogP contribution in [0.5, 0.6) is 0 Å². The smallest absolute Gasteiger partial charge is 0.252 e. The lowest BCUT2D eigenvalue weighted by Crippen LogP contribution is -2.22. The molecule has 0 unspecified atom stereocenters. The Labute approximate surface area is 125 Å². The van der Waals surface area contributed by atoms with E-state index in [4.69, 9.17) is 5.73 Å². The normalized spacial score (nSPS) is 10.5. The second-order valence-corrected chi connectivity index (χ2v) is 6.57. The van der Waals surface area contributed by atoms with Gasteiger partial charge >= 0.3 is 0 Å². The predicted molar refractivity (Wildman–Crippen MR) is 83.5 cm³/mol. The minimum atomic E-state index is -0.122. The number of halogens is 1. The summed E-state index contributed by atoms with van der Waals surface area (Å²) < 4.78 is 0.748. The van der Waals surface area contributed by atoms with Crippen LogP contribution in [0.3, 0.4) is 0 Å². The molecule has 1 amide bonds. The molecule has 0 aliphatic rings. The van der Waals surface area contributed by atoms with Crippen molar-refractivity contribution in [3.05, 3.63) is 49.6 Å². The largest absolute Gasteiger partial charge is 0.399 e. The number of carbonyl (C=O) groups excluding carboxylic acids is 1. The Balaban J connectivity index is 2.07. The van der Waals surface area contributed by atoms with E-state index in [9.17, 15) is 4.79 Å². The van der Waals surface area contributed by atoms with E-state index in [2.05, 4.69) is 41.2 Å². The number of thiophene rings is 1. The van der Waals surface area contributed by atoms with Crippen molar-refractivity contribution >= 4 is 38.9 Å². The van der Waals surface area contributed by atoms with E-state index >= 15 is 0 Å². The van der Waals surface area contributed by atoms with Crippen LogP contribution in [0, 0.1) is 13.8 Å². The van der Waals surface area contributed by atoms with Crippen LogP contribution < -0.4 is 11.1 Å². The van der Waals surface area contributed by atoms with Gasteiger partial charge in [0.05, 0.1) is 12.1 Å². The first kappa shape index (κ1) is 14.1. The van der Waals surface area contributed by atoms with Gasteiger partial charge in [0.15, 0.2) is 0 Å². The van der Waals surface area contributed by atoms with Crippen molar-refractivity contribution in [2.24, 2.45) is 0 Å². The van der Waals surface area contributed by atoms with E-state index in [1.54, 1.807) is 29.5 Å². The molecule has 0 aliphatic carbocycles. The summed E-state index contributed by atoms with van der Waals surface area (Å²) >= 11 is 5.07. The van der Waals surface area contributed by atoms with Crippen LogP contribution in [0.2, 0.25) is 0 Å². The summed E-state index contributed by atoms with van der Waals surface area (Å²) in [7, 11) is 0.